The molecule has 0 aromatic heterocycles. The molecule has 1 atom stereocenters. The fourth-order valence-electron chi connectivity index (χ4n) is 0.452. The highest BCUT2D eigenvalue weighted by molar-refractivity contribution is 7.37. The van der Waals surface area contributed by atoms with Crippen LogP contribution in [0, 0.1) is 5.92 Å². The van der Waals surface area contributed by atoms with Crippen molar-refractivity contribution in [2.24, 2.45) is 5.92 Å². The van der Waals surface area contributed by atoms with Crippen LogP contribution in [0.15, 0.2) is 0 Å². The van der Waals surface area contributed by atoms with Crippen molar-refractivity contribution < 1.29 is 0 Å². The first kappa shape index (κ1) is 8.17. The Hall–Kier alpha value is 0.170. The minimum atomic E-state index is 0.891. The molecule has 0 aliphatic heterocycles. The van der Waals surface area contributed by atoms with Gasteiger partial charge in [0.25, 0.3) is 0 Å². The number of rotatable bonds is 3. The molecule has 0 N–H and O–H groups in total. The Morgan fingerprint density at radius 2 is 2.25 bits per heavy atom. The van der Waals surface area contributed by atoms with Gasteiger partial charge in [0.15, 0.2) is 0 Å². The Labute approximate surface area is 54.1 Å². The summed E-state index contributed by atoms with van der Waals surface area (Å²) in [6.07, 6.45) is 2.60. The lowest BCUT2D eigenvalue weighted by molar-refractivity contribution is 0.594. The first-order chi connectivity index (χ1) is 3.81. The van der Waals surface area contributed by atoms with Gasteiger partial charge >= 0.3 is 0 Å². The van der Waals surface area contributed by atoms with Gasteiger partial charge in [0.1, 0.15) is 0 Å². The van der Waals surface area contributed by atoms with Crippen molar-refractivity contribution in [1.82, 2.24) is 0 Å². The van der Waals surface area contributed by atoms with Crippen LogP contribution < -0.4 is 0 Å². The van der Waals surface area contributed by atoms with Crippen LogP contribution in [0.3, 0.4) is 0 Å². The second-order valence-corrected chi connectivity index (χ2v) is 3.07. The van der Waals surface area contributed by atoms with E-state index in [0.717, 1.165) is 5.92 Å². The second-order valence-electron chi connectivity index (χ2n) is 2.19. The Bertz CT molecular complexity index is 66.8. The molecule has 0 saturated carbocycles. The largest absolute Gasteiger partial charge is 0.112 e. The molecule has 1 heteroatoms. The summed E-state index contributed by atoms with van der Waals surface area (Å²) in [6.45, 7) is 6.70. The average molecular weight is 130 g/mol. The predicted octanol–water partition coefficient (Wildman–Crippen LogP) is 2.80. The van der Waals surface area contributed by atoms with Gasteiger partial charge in [-0.1, -0.05) is 26.1 Å². The van der Waals surface area contributed by atoms with Crippen LogP contribution in [0.5, 0.6) is 0 Å². The first-order valence-electron chi connectivity index (χ1n) is 3.21. The molecule has 0 heterocycles. The van der Waals surface area contributed by atoms with Crippen molar-refractivity contribution in [1.29, 1.82) is 0 Å². The molecule has 0 rings (SSSR count). The van der Waals surface area contributed by atoms with Gasteiger partial charge < -0.3 is 0 Å². The van der Waals surface area contributed by atoms with Gasteiger partial charge in [0.2, 0.25) is 0 Å². The molecule has 0 spiro atoms. The quantitative estimate of drug-likeness (QED) is 0.515. The van der Waals surface area contributed by atoms with Crippen LogP contribution in [0.25, 0.3) is 0 Å². The van der Waals surface area contributed by atoms with E-state index >= 15 is 0 Å². The molecule has 0 aliphatic rings. The molecule has 0 radical (unpaired) electrons. The van der Waals surface area contributed by atoms with Crippen LogP contribution in [0.1, 0.15) is 26.7 Å². The summed E-state index contributed by atoms with van der Waals surface area (Å²) < 4.78 is 0. The summed E-state index contributed by atoms with van der Waals surface area (Å²) >= 11 is 0. The lowest BCUT2D eigenvalue weighted by Gasteiger charge is -2.00. The minimum absolute atomic E-state index is 0.891. The van der Waals surface area contributed by atoms with Crippen LogP contribution in [0.4, 0.5) is 0 Å². The van der Waals surface area contributed by atoms with Gasteiger partial charge in [-0.25, -0.2) is 0 Å². The molecule has 0 saturated heterocycles. The highest BCUT2D eigenvalue weighted by Gasteiger charge is 1.91. The van der Waals surface area contributed by atoms with Gasteiger partial charge in [-0.15, -0.1) is 8.20 Å². The minimum Gasteiger partial charge on any atom is -0.112 e. The highest BCUT2D eigenvalue weighted by Crippen LogP contribution is 2.04. The maximum absolute atomic E-state index is 2.33. The standard InChI is InChI=1S/C7H15P/c1-4-7(2)5-6-8-3/h6-7H,4-5H2,1-3H3. The lowest BCUT2D eigenvalue weighted by Crippen LogP contribution is -1.89. The van der Waals surface area contributed by atoms with Crippen molar-refractivity contribution in [3.8, 4) is 0 Å². The van der Waals surface area contributed by atoms with Gasteiger partial charge in [-0.3, -0.25) is 0 Å². The third kappa shape index (κ3) is 4.33. The zero-order valence-electron chi connectivity index (χ0n) is 6.02. The molecule has 0 nitrogen and oxygen atoms in total. The Morgan fingerprint density at radius 1 is 1.62 bits per heavy atom. The van der Waals surface area contributed by atoms with Gasteiger partial charge in [0, 0.05) is 0 Å². The number of hydrogen-bond acceptors (Lipinski definition) is 0. The van der Waals surface area contributed by atoms with Crippen LogP contribution in [-0.2, 0) is 0 Å². The van der Waals surface area contributed by atoms with Gasteiger partial charge in [-0.2, -0.15) is 0 Å². The number of hydrogen-bond donors (Lipinski definition) is 0. The first-order valence-corrected chi connectivity index (χ1v) is 4.63. The van der Waals surface area contributed by atoms with Crippen LogP contribution >= 0.6 is 8.20 Å². The Balaban J connectivity index is 3.10. The lowest BCUT2D eigenvalue weighted by atomic mass is 10.1. The monoisotopic (exact) mass is 130 g/mol. The van der Waals surface area contributed by atoms with E-state index in [1.807, 2.05) is 0 Å². The van der Waals surface area contributed by atoms with Crippen molar-refractivity contribution in [3.05, 3.63) is 0 Å². The zero-order chi connectivity index (χ0) is 6.41. The molecule has 8 heavy (non-hydrogen) atoms. The maximum Gasteiger partial charge on any atom is -0.0226 e. The Kier molecular flexibility index (Phi) is 5.42. The normalized spacial score (nSPS) is 14.9. The van der Waals surface area contributed by atoms with E-state index in [-0.39, 0.29) is 0 Å². The molecule has 0 amide bonds. The van der Waals surface area contributed by atoms with E-state index in [9.17, 15) is 0 Å². The van der Waals surface area contributed by atoms with E-state index in [4.69, 9.17) is 0 Å². The summed E-state index contributed by atoms with van der Waals surface area (Å²) in [7, 11) is 1.42. The molecular formula is C7H15P. The van der Waals surface area contributed by atoms with E-state index in [0.29, 0.717) is 0 Å². The maximum atomic E-state index is 2.33. The van der Waals surface area contributed by atoms with E-state index in [1.54, 1.807) is 0 Å². The molecular weight excluding hydrogens is 115 g/mol. The SMILES string of the molecule is CCC(C)CC=PC. The average Bonchev–Trinajstić information content (AvgIpc) is 1.83. The second kappa shape index (κ2) is 5.31. The summed E-state index contributed by atoms with van der Waals surface area (Å²) in [5.74, 6) is 3.22. The zero-order valence-corrected chi connectivity index (χ0v) is 6.91. The molecule has 0 bridgehead atoms. The summed E-state index contributed by atoms with van der Waals surface area (Å²) in [4.78, 5) is 0. The molecule has 1 unspecified atom stereocenters. The summed E-state index contributed by atoms with van der Waals surface area (Å²) in [6, 6.07) is 0. The summed E-state index contributed by atoms with van der Waals surface area (Å²) in [5, 5.41) is 0. The third-order valence-corrected chi connectivity index (χ3v) is 1.96. The Morgan fingerprint density at radius 3 is 2.62 bits per heavy atom. The van der Waals surface area contributed by atoms with Crippen molar-refractivity contribution in [2.45, 2.75) is 26.7 Å². The fraction of sp³-hybridized carbons (Fsp3) is 0.857. The molecule has 0 aromatic carbocycles. The molecule has 0 aromatic rings. The van der Waals surface area contributed by atoms with Gasteiger partial charge in [0.05, 0.1) is 0 Å². The van der Waals surface area contributed by atoms with E-state index in [1.165, 1.54) is 21.0 Å². The van der Waals surface area contributed by atoms with Crippen molar-refractivity contribution in [3.63, 3.8) is 0 Å². The third-order valence-electron chi connectivity index (χ3n) is 1.39. The van der Waals surface area contributed by atoms with Crippen molar-refractivity contribution >= 4 is 14.0 Å². The fourth-order valence-corrected chi connectivity index (χ4v) is 1.02. The van der Waals surface area contributed by atoms with Crippen LogP contribution in [-0.4, -0.2) is 12.5 Å². The molecule has 48 valence electrons. The van der Waals surface area contributed by atoms with Crippen LogP contribution in [0.2, 0.25) is 0 Å². The van der Waals surface area contributed by atoms with Crippen molar-refractivity contribution in [2.75, 3.05) is 6.66 Å². The predicted molar refractivity (Wildman–Crippen MR) is 43.0 cm³/mol. The molecule has 0 aliphatic carbocycles. The smallest absolute Gasteiger partial charge is 0.0226 e. The highest BCUT2D eigenvalue weighted by atomic mass is 31.1. The van der Waals surface area contributed by atoms with E-state index < -0.39 is 0 Å². The topological polar surface area (TPSA) is 0 Å². The van der Waals surface area contributed by atoms with Gasteiger partial charge in [-0.05, 0) is 19.0 Å². The molecule has 0 fully saturated rings. The van der Waals surface area contributed by atoms with E-state index in [2.05, 4.69) is 26.3 Å². The summed E-state index contributed by atoms with van der Waals surface area (Å²) in [5.41, 5.74) is 0.